The summed E-state index contributed by atoms with van der Waals surface area (Å²) >= 11 is 0. The lowest BCUT2D eigenvalue weighted by Gasteiger charge is -2.33. The van der Waals surface area contributed by atoms with Gasteiger partial charge in [0.1, 0.15) is 0 Å². The van der Waals surface area contributed by atoms with Crippen LogP contribution in [-0.2, 0) is 5.41 Å². The molecule has 23 heavy (non-hydrogen) atoms. The van der Waals surface area contributed by atoms with Crippen molar-refractivity contribution in [3.8, 4) is 0 Å². The van der Waals surface area contributed by atoms with Crippen LogP contribution in [0.2, 0.25) is 0 Å². The molecule has 3 heterocycles. The first-order valence-corrected chi connectivity index (χ1v) is 8.23. The van der Waals surface area contributed by atoms with Gasteiger partial charge in [0.2, 0.25) is 11.8 Å². The van der Waals surface area contributed by atoms with Gasteiger partial charge in [0.05, 0.1) is 12.0 Å². The maximum absolute atomic E-state index is 5.50. The van der Waals surface area contributed by atoms with E-state index in [2.05, 4.69) is 52.9 Å². The lowest BCUT2D eigenvalue weighted by molar-refractivity contribution is 0.122. The third-order valence-electron chi connectivity index (χ3n) is 4.36. The van der Waals surface area contributed by atoms with Gasteiger partial charge in [-0.15, -0.1) is 0 Å². The van der Waals surface area contributed by atoms with Gasteiger partial charge in [-0.2, -0.15) is 9.97 Å². The van der Waals surface area contributed by atoms with Gasteiger partial charge >= 0.3 is 0 Å². The topological polar surface area (TPSA) is 81.1 Å². The summed E-state index contributed by atoms with van der Waals surface area (Å²) in [5.74, 6) is 3.13. The highest BCUT2D eigenvalue weighted by atomic mass is 16.5. The molecule has 1 aliphatic rings. The first-order chi connectivity index (χ1) is 10.8. The minimum absolute atomic E-state index is 0.0884. The summed E-state index contributed by atoms with van der Waals surface area (Å²) in [5.41, 5.74) is -0.104. The lowest BCUT2D eigenvalue weighted by atomic mass is 9.96. The van der Waals surface area contributed by atoms with Crippen molar-refractivity contribution in [1.82, 2.24) is 25.2 Å². The van der Waals surface area contributed by atoms with Crippen molar-refractivity contribution in [3.63, 3.8) is 0 Å². The normalized spacial score (nSPS) is 21.5. The largest absolute Gasteiger partial charge is 0.339 e. The second kappa shape index (κ2) is 6.03. The van der Waals surface area contributed by atoms with Crippen LogP contribution in [-0.4, -0.2) is 38.3 Å². The Morgan fingerprint density at radius 2 is 1.96 bits per heavy atom. The highest BCUT2D eigenvalue weighted by Crippen LogP contribution is 2.31. The maximum atomic E-state index is 5.50. The third kappa shape index (κ3) is 3.44. The number of likely N-dealkylation sites (tertiary alicyclic amines) is 1. The zero-order valence-corrected chi connectivity index (χ0v) is 14.5. The molecule has 0 aromatic carbocycles. The molecule has 0 spiro atoms. The summed E-state index contributed by atoms with van der Waals surface area (Å²) in [6.07, 6.45) is 2.17. The summed E-state index contributed by atoms with van der Waals surface area (Å²) in [7, 11) is 0. The van der Waals surface area contributed by atoms with Gasteiger partial charge in [-0.25, -0.2) is 0 Å². The molecule has 2 aromatic heterocycles. The Kier molecular flexibility index (Phi) is 4.23. The Labute approximate surface area is 136 Å². The summed E-state index contributed by atoms with van der Waals surface area (Å²) in [6, 6.07) is 0.0884. The Morgan fingerprint density at radius 1 is 1.17 bits per heavy atom. The van der Waals surface area contributed by atoms with Crippen molar-refractivity contribution < 1.29 is 9.05 Å². The number of hydrogen-bond acceptors (Lipinski definition) is 7. The van der Waals surface area contributed by atoms with Crippen LogP contribution in [0.25, 0.3) is 0 Å². The fraction of sp³-hybridized carbons (Fsp3) is 0.750. The summed E-state index contributed by atoms with van der Waals surface area (Å²) in [4.78, 5) is 11.3. The first-order valence-electron chi connectivity index (χ1n) is 8.23. The van der Waals surface area contributed by atoms with Crippen LogP contribution in [0.1, 0.15) is 75.9 Å². The minimum atomic E-state index is -0.104. The van der Waals surface area contributed by atoms with Crippen molar-refractivity contribution in [2.45, 2.75) is 64.8 Å². The van der Waals surface area contributed by atoms with E-state index in [1.165, 1.54) is 0 Å². The van der Waals surface area contributed by atoms with E-state index < -0.39 is 0 Å². The molecule has 1 saturated heterocycles. The second-order valence-corrected chi connectivity index (χ2v) is 7.40. The number of hydrogen-bond donors (Lipinski definition) is 0. The molecule has 2 atom stereocenters. The highest BCUT2D eigenvalue weighted by molar-refractivity contribution is 5.03. The zero-order valence-electron chi connectivity index (χ0n) is 14.5. The summed E-state index contributed by atoms with van der Waals surface area (Å²) < 4.78 is 10.8. The molecule has 0 amide bonds. The fourth-order valence-electron chi connectivity index (χ4n) is 2.90. The Bertz CT molecular complexity index is 657. The van der Waals surface area contributed by atoms with Crippen molar-refractivity contribution >= 4 is 0 Å². The Hall–Kier alpha value is -1.76. The van der Waals surface area contributed by atoms with Crippen LogP contribution < -0.4 is 0 Å². The van der Waals surface area contributed by atoms with E-state index in [9.17, 15) is 0 Å². The van der Waals surface area contributed by atoms with Gasteiger partial charge < -0.3 is 9.05 Å². The molecule has 7 nitrogen and oxygen atoms in total. The van der Waals surface area contributed by atoms with Crippen LogP contribution in [0, 0.1) is 6.92 Å². The van der Waals surface area contributed by atoms with E-state index in [-0.39, 0.29) is 17.4 Å². The van der Waals surface area contributed by atoms with Gasteiger partial charge in [-0.05, 0) is 33.2 Å². The fourth-order valence-corrected chi connectivity index (χ4v) is 2.90. The monoisotopic (exact) mass is 319 g/mol. The quantitative estimate of drug-likeness (QED) is 0.860. The molecular weight excluding hydrogens is 294 g/mol. The van der Waals surface area contributed by atoms with Gasteiger partial charge in [0.15, 0.2) is 11.6 Å². The van der Waals surface area contributed by atoms with E-state index in [1.54, 1.807) is 0 Å². The predicted molar refractivity (Wildman–Crippen MR) is 84.0 cm³/mol. The molecule has 0 saturated carbocycles. The molecule has 0 aliphatic carbocycles. The molecule has 2 aromatic rings. The smallest absolute Gasteiger partial charge is 0.243 e. The molecule has 1 fully saturated rings. The van der Waals surface area contributed by atoms with Gasteiger partial charge in [-0.3, -0.25) is 4.90 Å². The molecule has 0 bridgehead atoms. The predicted octanol–water partition coefficient (Wildman–Crippen LogP) is 3.00. The average Bonchev–Trinajstić information content (AvgIpc) is 3.15. The van der Waals surface area contributed by atoms with Crippen LogP contribution in [0.4, 0.5) is 0 Å². The first kappa shape index (κ1) is 16.1. The highest BCUT2D eigenvalue weighted by Gasteiger charge is 2.31. The van der Waals surface area contributed by atoms with E-state index in [1.807, 2.05) is 6.92 Å². The van der Waals surface area contributed by atoms with Crippen molar-refractivity contribution in [2.24, 2.45) is 0 Å². The number of piperidine rings is 1. The van der Waals surface area contributed by atoms with E-state index in [4.69, 9.17) is 9.05 Å². The van der Waals surface area contributed by atoms with Gasteiger partial charge in [0, 0.05) is 12.0 Å². The Morgan fingerprint density at radius 3 is 2.57 bits per heavy atom. The SMILES string of the molecule is Cc1noc([C@@H]2CCCN([C@@H](C)c3nc(C(C)(C)C)no3)C2)n1. The van der Waals surface area contributed by atoms with Crippen LogP contribution >= 0.6 is 0 Å². The molecule has 3 rings (SSSR count). The summed E-state index contributed by atoms with van der Waals surface area (Å²) in [6.45, 7) is 12.1. The average molecular weight is 319 g/mol. The molecule has 1 aliphatic heterocycles. The minimum Gasteiger partial charge on any atom is -0.339 e. The second-order valence-electron chi connectivity index (χ2n) is 7.40. The molecular formula is C16H25N5O2. The number of aryl methyl sites for hydroxylation is 1. The molecule has 126 valence electrons. The van der Waals surface area contributed by atoms with Crippen LogP contribution in [0.15, 0.2) is 9.05 Å². The van der Waals surface area contributed by atoms with Crippen molar-refractivity contribution in [1.29, 1.82) is 0 Å². The van der Waals surface area contributed by atoms with Gasteiger partial charge in [0.25, 0.3) is 0 Å². The molecule has 7 heteroatoms. The van der Waals surface area contributed by atoms with Gasteiger partial charge in [-0.1, -0.05) is 31.1 Å². The maximum Gasteiger partial charge on any atom is 0.243 e. The van der Waals surface area contributed by atoms with E-state index >= 15 is 0 Å². The lowest BCUT2D eigenvalue weighted by Crippen LogP contribution is -2.36. The molecule has 0 radical (unpaired) electrons. The molecule has 0 N–H and O–H groups in total. The van der Waals surface area contributed by atoms with Crippen LogP contribution in [0.5, 0.6) is 0 Å². The van der Waals surface area contributed by atoms with E-state index in [0.29, 0.717) is 11.7 Å². The summed E-state index contributed by atoms with van der Waals surface area (Å²) in [5, 5.41) is 8.03. The van der Waals surface area contributed by atoms with Crippen molar-refractivity contribution in [2.75, 3.05) is 13.1 Å². The number of aromatic nitrogens is 4. The molecule has 0 unspecified atom stereocenters. The number of rotatable bonds is 3. The van der Waals surface area contributed by atoms with Crippen LogP contribution in [0.3, 0.4) is 0 Å². The number of nitrogens with zero attached hydrogens (tertiary/aromatic N) is 5. The van der Waals surface area contributed by atoms with E-state index in [0.717, 1.165) is 37.6 Å². The van der Waals surface area contributed by atoms with Crippen molar-refractivity contribution in [3.05, 3.63) is 23.4 Å². The third-order valence-corrected chi connectivity index (χ3v) is 4.36. The Balaban J connectivity index is 1.72. The standard InChI is InChI=1S/C16H25N5O2/c1-10(13-18-15(20-22-13)16(3,4)5)21-8-6-7-12(9-21)14-17-11(2)19-23-14/h10,12H,6-9H2,1-5H3/t10-,12+/m0/s1. The zero-order chi connectivity index (χ0) is 16.6.